The molecule has 0 bridgehead atoms. The maximum atomic E-state index is 13.2. The molecule has 37 heavy (non-hydrogen) atoms. The number of carbonyl (C=O) groups excluding carboxylic acids is 3. The molecule has 0 spiro atoms. The molecule has 2 fully saturated rings. The van der Waals surface area contributed by atoms with Gasteiger partial charge in [0.1, 0.15) is 17.9 Å². The fourth-order valence-electron chi connectivity index (χ4n) is 4.75. The van der Waals surface area contributed by atoms with E-state index in [9.17, 15) is 14.4 Å². The van der Waals surface area contributed by atoms with E-state index in [1.807, 2.05) is 55.1 Å². The summed E-state index contributed by atoms with van der Waals surface area (Å²) < 4.78 is 6.22. The number of aromatic nitrogens is 1. The molecule has 1 aromatic heterocycles. The Kier molecular flexibility index (Phi) is 8.76. The van der Waals surface area contributed by atoms with Crippen molar-refractivity contribution >= 4 is 29.1 Å². The molecule has 3 amide bonds. The Morgan fingerprint density at radius 2 is 1.81 bits per heavy atom. The van der Waals surface area contributed by atoms with E-state index in [0.717, 1.165) is 30.0 Å². The molecule has 3 heterocycles. The van der Waals surface area contributed by atoms with Crippen molar-refractivity contribution in [2.24, 2.45) is 11.8 Å². The number of benzene rings is 1. The maximum absolute atomic E-state index is 13.2. The van der Waals surface area contributed by atoms with Gasteiger partial charge < -0.3 is 20.3 Å². The van der Waals surface area contributed by atoms with Crippen LogP contribution in [-0.2, 0) is 14.4 Å². The first-order chi connectivity index (χ1) is 17.8. The van der Waals surface area contributed by atoms with Crippen molar-refractivity contribution in [3.05, 3.63) is 48.8 Å². The Bertz CT molecular complexity index is 1060. The third kappa shape index (κ3) is 6.85. The van der Waals surface area contributed by atoms with Gasteiger partial charge in [-0.2, -0.15) is 0 Å². The van der Waals surface area contributed by atoms with Crippen molar-refractivity contribution in [3.8, 4) is 5.75 Å². The topological polar surface area (TPSA) is 104 Å². The van der Waals surface area contributed by atoms with Crippen molar-refractivity contribution in [2.75, 3.05) is 31.1 Å². The molecule has 0 unspecified atom stereocenters. The average Bonchev–Trinajstić information content (AvgIpc) is 2.84. The van der Waals surface area contributed by atoms with Crippen molar-refractivity contribution in [1.29, 1.82) is 0 Å². The van der Waals surface area contributed by atoms with Gasteiger partial charge >= 0.3 is 0 Å². The first-order valence-corrected chi connectivity index (χ1v) is 13.1. The molecule has 0 saturated carbocycles. The van der Waals surface area contributed by atoms with Crippen LogP contribution in [0.5, 0.6) is 5.75 Å². The second-order valence-corrected chi connectivity index (χ2v) is 10.3. The standard InChI is InChI=1S/C28H37N5O4/c1-19(2)15-26(31-20(3)34)28(36)32-13-10-25(11-14-32)37-24-8-6-22(7-9-24)33(23-5-4-12-29-18-23)27(35)21-16-30-17-21/h4-9,12,18-19,21,25-26,30H,10-11,13-17H2,1-3H3,(H,31,34)/t26-/m0/s1. The number of nitrogens with one attached hydrogen (secondary N) is 2. The lowest BCUT2D eigenvalue weighted by molar-refractivity contribution is -0.138. The lowest BCUT2D eigenvalue weighted by Gasteiger charge is -2.35. The largest absolute Gasteiger partial charge is 0.490 e. The van der Waals surface area contributed by atoms with Crippen LogP contribution in [0.15, 0.2) is 48.8 Å². The quantitative estimate of drug-likeness (QED) is 0.541. The van der Waals surface area contributed by atoms with E-state index in [1.165, 1.54) is 6.92 Å². The molecular weight excluding hydrogens is 470 g/mol. The summed E-state index contributed by atoms with van der Waals surface area (Å²) in [6.07, 6.45) is 5.44. The molecule has 9 nitrogen and oxygen atoms in total. The Morgan fingerprint density at radius 1 is 1.11 bits per heavy atom. The third-order valence-electron chi connectivity index (χ3n) is 6.79. The second kappa shape index (κ2) is 12.2. The van der Waals surface area contributed by atoms with E-state index >= 15 is 0 Å². The van der Waals surface area contributed by atoms with Gasteiger partial charge in [-0.05, 0) is 48.7 Å². The van der Waals surface area contributed by atoms with Gasteiger partial charge in [0.05, 0.1) is 17.8 Å². The van der Waals surface area contributed by atoms with E-state index in [-0.39, 0.29) is 29.7 Å². The fraction of sp³-hybridized carbons (Fsp3) is 0.500. The molecule has 2 saturated heterocycles. The summed E-state index contributed by atoms with van der Waals surface area (Å²) in [6, 6.07) is 10.8. The third-order valence-corrected chi connectivity index (χ3v) is 6.79. The van der Waals surface area contributed by atoms with E-state index in [0.29, 0.717) is 38.5 Å². The van der Waals surface area contributed by atoms with Gasteiger partial charge in [-0.1, -0.05) is 13.8 Å². The number of likely N-dealkylation sites (tertiary alicyclic amines) is 1. The van der Waals surface area contributed by atoms with Crippen LogP contribution in [0.4, 0.5) is 11.4 Å². The Balaban J connectivity index is 1.36. The average molecular weight is 508 g/mol. The van der Waals surface area contributed by atoms with Gasteiger partial charge in [-0.3, -0.25) is 24.3 Å². The number of pyridine rings is 1. The SMILES string of the molecule is CC(=O)N[C@@H](CC(C)C)C(=O)N1CCC(Oc2ccc(N(C(=O)C3CNC3)c3cccnc3)cc2)CC1. The highest BCUT2D eigenvalue weighted by molar-refractivity contribution is 6.02. The highest BCUT2D eigenvalue weighted by Crippen LogP contribution is 2.30. The highest BCUT2D eigenvalue weighted by Gasteiger charge is 2.32. The number of rotatable bonds is 9. The summed E-state index contributed by atoms with van der Waals surface area (Å²) in [5.41, 5.74) is 1.51. The first kappa shape index (κ1) is 26.6. The molecule has 1 aromatic carbocycles. The number of anilines is 2. The minimum absolute atomic E-state index is 0.00340. The number of hydrogen-bond donors (Lipinski definition) is 2. The van der Waals surface area contributed by atoms with E-state index in [4.69, 9.17) is 4.74 Å². The zero-order valence-electron chi connectivity index (χ0n) is 21.9. The molecule has 4 rings (SSSR count). The van der Waals surface area contributed by atoms with Gasteiger partial charge in [0, 0.05) is 57.8 Å². The first-order valence-electron chi connectivity index (χ1n) is 13.1. The second-order valence-electron chi connectivity index (χ2n) is 10.3. The zero-order chi connectivity index (χ0) is 26.4. The molecule has 0 radical (unpaired) electrons. The lowest BCUT2D eigenvalue weighted by Crippen LogP contribution is -2.51. The number of ether oxygens (including phenoxy) is 1. The zero-order valence-corrected chi connectivity index (χ0v) is 21.9. The summed E-state index contributed by atoms with van der Waals surface area (Å²) in [6.45, 7) is 8.08. The van der Waals surface area contributed by atoms with Gasteiger partial charge in [0.15, 0.2) is 0 Å². The number of piperidine rings is 1. The van der Waals surface area contributed by atoms with Crippen LogP contribution in [0.1, 0.15) is 40.0 Å². The predicted molar refractivity (Wildman–Crippen MR) is 141 cm³/mol. The van der Waals surface area contributed by atoms with Gasteiger partial charge in [-0.25, -0.2) is 0 Å². The van der Waals surface area contributed by atoms with Gasteiger partial charge in [0.2, 0.25) is 17.7 Å². The van der Waals surface area contributed by atoms with Crippen molar-refractivity contribution in [3.63, 3.8) is 0 Å². The summed E-state index contributed by atoms with van der Waals surface area (Å²) in [4.78, 5) is 45.5. The van der Waals surface area contributed by atoms with Crippen LogP contribution in [0.2, 0.25) is 0 Å². The van der Waals surface area contributed by atoms with E-state index < -0.39 is 6.04 Å². The summed E-state index contributed by atoms with van der Waals surface area (Å²) in [5, 5.41) is 5.97. The number of hydrogen-bond acceptors (Lipinski definition) is 6. The van der Waals surface area contributed by atoms with E-state index in [2.05, 4.69) is 15.6 Å². The fourth-order valence-corrected chi connectivity index (χ4v) is 4.75. The molecule has 198 valence electrons. The van der Waals surface area contributed by atoms with Crippen LogP contribution < -0.4 is 20.3 Å². The minimum Gasteiger partial charge on any atom is -0.490 e. The molecule has 2 aromatic rings. The smallest absolute Gasteiger partial charge is 0.245 e. The van der Waals surface area contributed by atoms with Crippen molar-refractivity contribution in [2.45, 2.75) is 52.2 Å². The molecule has 2 N–H and O–H groups in total. The minimum atomic E-state index is -0.483. The molecular formula is C28H37N5O4. The number of carbonyl (C=O) groups is 3. The summed E-state index contributed by atoms with van der Waals surface area (Å²) >= 11 is 0. The van der Waals surface area contributed by atoms with Crippen LogP contribution in [0, 0.1) is 11.8 Å². The number of amides is 3. The summed E-state index contributed by atoms with van der Waals surface area (Å²) in [7, 11) is 0. The Morgan fingerprint density at radius 3 is 2.35 bits per heavy atom. The molecule has 9 heteroatoms. The molecule has 2 aliphatic rings. The van der Waals surface area contributed by atoms with Crippen LogP contribution >= 0.6 is 0 Å². The highest BCUT2D eigenvalue weighted by atomic mass is 16.5. The van der Waals surface area contributed by atoms with E-state index in [1.54, 1.807) is 17.3 Å². The Labute approximate surface area is 218 Å². The molecule has 0 aliphatic carbocycles. The molecule has 1 atom stereocenters. The van der Waals surface area contributed by atoms with Crippen molar-refractivity contribution in [1.82, 2.24) is 20.5 Å². The van der Waals surface area contributed by atoms with Crippen LogP contribution in [0.3, 0.4) is 0 Å². The predicted octanol–water partition coefficient (Wildman–Crippen LogP) is 2.89. The van der Waals surface area contributed by atoms with Gasteiger partial charge in [0.25, 0.3) is 0 Å². The normalized spacial score (nSPS) is 17.1. The Hall–Kier alpha value is -3.46. The number of nitrogens with zero attached hydrogens (tertiary/aromatic N) is 3. The lowest BCUT2D eigenvalue weighted by atomic mass is 10.0. The monoisotopic (exact) mass is 507 g/mol. The van der Waals surface area contributed by atoms with Crippen molar-refractivity contribution < 1.29 is 19.1 Å². The van der Waals surface area contributed by atoms with Crippen LogP contribution in [-0.4, -0.2) is 65.9 Å². The van der Waals surface area contributed by atoms with Gasteiger partial charge in [-0.15, -0.1) is 0 Å². The summed E-state index contributed by atoms with van der Waals surface area (Å²) in [5.74, 6) is 0.831. The molecule has 2 aliphatic heterocycles. The van der Waals surface area contributed by atoms with Crippen LogP contribution in [0.25, 0.3) is 0 Å². The maximum Gasteiger partial charge on any atom is 0.245 e.